The molecule has 17 heavy (non-hydrogen) atoms. The van der Waals surface area contributed by atoms with Crippen LogP contribution in [-0.2, 0) is 4.79 Å². The van der Waals surface area contributed by atoms with Gasteiger partial charge in [0.1, 0.15) is 5.75 Å². The molecule has 5 heteroatoms. The maximum atomic E-state index is 11.9. The van der Waals surface area contributed by atoms with Crippen molar-refractivity contribution in [3.05, 3.63) is 29.8 Å². The largest absolute Gasteiger partial charge is 0.435 e. The fourth-order valence-electron chi connectivity index (χ4n) is 1.03. The van der Waals surface area contributed by atoms with Crippen LogP contribution < -0.4 is 4.74 Å². The fraction of sp³-hybridized carbons (Fsp3) is 0.250. The Hall–Kier alpha value is -1.54. The molecular weight excluding hydrogens is 246 g/mol. The van der Waals surface area contributed by atoms with Crippen molar-refractivity contribution in [2.75, 3.05) is 5.75 Å². The number of rotatable bonds is 3. The van der Waals surface area contributed by atoms with E-state index in [0.29, 0.717) is 11.3 Å². The molecule has 1 rings (SSSR count). The molecule has 1 aromatic carbocycles. The van der Waals surface area contributed by atoms with Crippen LogP contribution in [0, 0.1) is 11.8 Å². The number of carbonyl (C=O) groups excluding carboxylic acids is 1. The predicted octanol–water partition coefficient (Wildman–Crippen LogP) is 2.92. The molecule has 0 heterocycles. The molecule has 0 unspecified atom stereocenters. The Morgan fingerprint density at radius 3 is 2.94 bits per heavy atom. The third-order valence-corrected chi connectivity index (χ3v) is 2.33. The number of ether oxygens (including phenoxy) is 1. The first kappa shape index (κ1) is 13.5. The van der Waals surface area contributed by atoms with E-state index in [-0.39, 0.29) is 10.9 Å². The summed E-state index contributed by atoms with van der Waals surface area (Å²) < 4.78 is 28.1. The van der Waals surface area contributed by atoms with Gasteiger partial charge in [-0.2, -0.15) is 8.78 Å². The monoisotopic (exact) mass is 256 g/mol. The Balaban J connectivity index is 2.61. The molecule has 0 saturated heterocycles. The molecular formula is C12H10F2O2S. The molecule has 0 aliphatic heterocycles. The van der Waals surface area contributed by atoms with Crippen molar-refractivity contribution < 1.29 is 18.3 Å². The van der Waals surface area contributed by atoms with Crippen molar-refractivity contribution >= 4 is 16.9 Å². The molecule has 0 aliphatic carbocycles. The van der Waals surface area contributed by atoms with Crippen molar-refractivity contribution in [2.45, 2.75) is 13.5 Å². The number of thioether (sulfide) groups is 1. The Labute approximate surface area is 102 Å². The minimum absolute atomic E-state index is 0.00548. The van der Waals surface area contributed by atoms with E-state index in [2.05, 4.69) is 16.6 Å². The lowest BCUT2D eigenvalue weighted by atomic mass is 10.2. The van der Waals surface area contributed by atoms with Crippen molar-refractivity contribution in [1.29, 1.82) is 0 Å². The van der Waals surface area contributed by atoms with Crippen LogP contribution in [0.25, 0.3) is 0 Å². The number of halogens is 2. The molecule has 0 aromatic heterocycles. The van der Waals surface area contributed by atoms with Crippen LogP contribution in [0.2, 0.25) is 0 Å². The van der Waals surface area contributed by atoms with E-state index in [0.717, 1.165) is 11.8 Å². The second kappa shape index (κ2) is 6.92. The molecule has 0 aliphatic rings. The van der Waals surface area contributed by atoms with Crippen LogP contribution >= 0.6 is 11.8 Å². The van der Waals surface area contributed by atoms with Gasteiger partial charge in [0, 0.05) is 12.5 Å². The normalized spacial score (nSPS) is 9.65. The first-order chi connectivity index (χ1) is 8.08. The van der Waals surface area contributed by atoms with Crippen LogP contribution in [0.15, 0.2) is 24.3 Å². The number of alkyl halides is 2. The van der Waals surface area contributed by atoms with E-state index in [1.165, 1.54) is 19.1 Å². The minimum atomic E-state index is -2.84. The first-order valence-electron chi connectivity index (χ1n) is 4.75. The summed E-state index contributed by atoms with van der Waals surface area (Å²) in [5.74, 6) is 5.99. The second-order valence-electron chi connectivity index (χ2n) is 2.99. The highest BCUT2D eigenvalue weighted by molar-refractivity contribution is 8.13. The van der Waals surface area contributed by atoms with Gasteiger partial charge < -0.3 is 4.74 Å². The van der Waals surface area contributed by atoms with E-state index in [9.17, 15) is 13.6 Å². The van der Waals surface area contributed by atoms with Gasteiger partial charge in [-0.1, -0.05) is 29.7 Å². The van der Waals surface area contributed by atoms with Crippen LogP contribution in [0.3, 0.4) is 0 Å². The molecule has 0 bridgehead atoms. The molecule has 0 fully saturated rings. The summed E-state index contributed by atoms with van der Waals surface area (Å²) in [6.07, 6.45) is 0. The number of hydrogen-bond acceptors (Lipinski definition) is 3. The second-order valence-corrected chi connectivity index (χ2v) is 4.14. The lowest BCUT2D eigenvalue weighted by Gasteiger charge is -2.03. The van der Waals surface area contributed by atoms with Gasteiger partial charge in [-0.25, -0.2) is 0 Å². The van der Waals surface area contributed by atoms with Crippen molar-refractivity contribution in [3.8, 4) is 17.6 Å². The maximum absolute atomic E-state index is 11.9. The molecule has 2 nitrogen and oxygen atoms in total. The predicted molar refractivity (Wildman–Crippen MR) is 63.1 cm³/mol. The Bertz CT molecular complexity index is 449. The van der Waals surface area contributed by atoms with Gasteiger partial charge in [0.15, 0.2) is 5.12 Å². The quantitative estimate of drug-likeness (QED) is 0.778. The standard InChI is InChI=1S/C12H10F2O2S/c1-9(15)17-7-3-5-10-4-2-6-11(8-10)16-12(13)14/h2,4,6,8,12H,7H2,1H3. The molecule has 0 N–H and O–H groups in total. The van der Waals surface area contributed by atoms with Gasteiger partial charge in [-0.05, 0) is 18.2 Å². The number of benzene rings is 1. The molecule has 90 valence electrons. The number of carbonyl (C=O) groups is 1. The van der Waals surface area contributed by atoms with Gasteiger partial charge in [-0.15, -0.1) is 0 Å². The molecule has 0 radical (unpaired) electrons. The van der Waals surface area contributed by atoms with E-state index in [4.69, 9.17) is 0 Å². The molecule has 0 saturated carbocycles. The van der Waals surface area contributed by atoms with Gasteiger partial charge in [-0.3, -0.25) is 4.79 Å². The fourth-order valence-corrected chi connectivity index (χ4v) is 1.37. The summed E-state index contributed by atoms with van der Waals surface area (Å²) in [7, 11) is 0. The van der Waals surface area contributed by atoms with Crippen molar-refractivity contribution in [2.24, 2.45) is 0 Å². The molecule has 0 amide bonds. The number of hydrogen-bond donors (Lipinski definition) is 0. The highest BCUT2D eigenvalue weighted by Crippen LogP contribution is 2.15. The third kappa shape index (κ3) is 5.93. The van der Waals surface area contributed by atoms with Gasteiger partial charge in [0.05, 0.1) is 5.75 Å². The average molecular weight is 256 g/mol. The van der Waals surface area contributed by atoms with Gasteiger partial charge in [0.2, 0.25) is 0 Å². The van der Waals surface area contributed by atoms with E-state index in [1.54, 1.807) is 12.1 Å². The highest BCUT2D eigenvalue weighted by atomic mass is 32.2. The topological polar surface area (TPSA) is 26.3 Å². The average Bonchev–Trinajstić information content (AvgIpc) is 2.24. The van der Waals surface area contributed by atoms with Crippen molar-refractivity contribution in [1.82, 2.24) is 0 Å². The Kier molecular flexibility index (Phi) is 5.50. The van der Waals surface area contributed by atoms with Gasteiger partial charge in [0.25, 0.3) is 0 Å². The molecule has 0 spiro atoms. The minimum Gasteiger partial charge on any atom is -0.435 e. The molecule has 0 atom stereocenters. The van der Waals surface area contributed by atoms with Crippen LogP contribution in [0.1, 0.15) is 12.5 Å². The first-order valence-corrected chi connectivity index (χ1v) is 5.73. The summed E-state index contributed by atoms with van der Waals surface area (Å²) in [6, 6.07) is 6.13. The van der Waals surface area contributed by atoms with E-state index >= 15 is 0 Å². The summed E-state index contributed by atoms with van der Waals surface area (Å²) in [5.41, 5.74) is 0.576. The van der Waals surface area contributed by atoms with Gasteiger partial charge >= 0.3 is 6.61 Å². The zero-order chi connectivity index (χ0) is 12.7. The van der Waals surface area contributed by atoms with Crippen LogP contribution in [-0.4, -0.2) is 17.5 Å². The highest BCUT2D eigenvalue weighted by Gasteiger charge is 2.03. The summed E-state index contributed by atoms with van der Waals surface area (Å²) >= 11 is 1.10. The Morgan fingerprint density at radius 1 is 1.53 bits per heavy atom. The smallest absolute Gasteiger partial charge is 0.387 e. The third-order valence-electron chi connectivity index (χ3n) is 1.64. The lowest BCUT2D eigenvalue weighted by Crippen LogP contribution is -2.01. The summed E-state index contributed by atoms with van der Waals surface area (Å²) in [5, 5.41) is -0.00548. The van der Waals surface area contributed by atoms with Crippen molar-refractivity contribution in [3.63, 3.8) is 0 Å². The zero-order valence-electron chi connectivity index (χ0n) is 9.07. The summed E-state index contributed by atoms with van der Waals surface area (Å²) in [4.78, 5) is 10.6. The van der Waals surface area contributed by atoms with Crippen LogP contribution in [0.4, 0.5) is 8.78 Å². The summed E-state index contributed by atoms with van der Waals surface area (Å²) in [6.45, 7) is -1.38. The SMILES string of the molecule is CC(=O)SCC#Cc1cccc(OC(F)F)c1. The van der Waals surface area contributed by atoms with Crippen LogP contribution in [0.5, 0.6) is 5.75 Å². The Morgan fingerprint density at radius 2 is 2.29 bits per heavy atom. The zero-order valence-corrected chi connectivity index (χ0v) is 9.89. The maximum Gasteiger partial charge on any atom is 0.387 e. The molecule has 1 aromatic rings. The van der Waals surface area contributed by atoms with E-state index < -0.39 is 6.61 Å². The van der Waals surface area contributed by atoms with E-state index in [1.807, 2.05) is 0 Å². The lowest BCUT2D eigenvalue weighted by molar-refractivity contribution is -0.109.